The van der Waals surface area contributed by atoms with Crippen LogP contribution in [0.15, 0.2) is 54.6 Å². The molecule has 0 unspecified atom stereocenters. The van der Waals surface area contributed by atoms with E-state index in [0.717, 1.165) is 42.9 Å². The van der Waals surface area contributed by atoms with Crippen molar-refractivity contribution >= 4 is 11.7 Å². The van der Waals surface area contributed by atoms with Crippen LogP contribution in [0.4, 0.5) is 5.82 Å². The molecule has 0 spiro atoms. The molecular formula is C26H34N4O3. The van der Waals surface area contributed by atoms with Gasteiger partial charge in [0.25, 0.3) is 5.91 Å². The highest BCUT2D eigenvalue weighted by Crippen LogP contribution is 2.28. The summed E-state index contributed by atoms with van der Waals surface area (Å²) in [7, 11) is 3.10. The molecule has 0 aliphatic carbocycles. The van der Waals surface area contributed by atoms with Gasteiger partial charge in [-0.2, -0.15) is 5.10 Å². The minimum atomic E-state index is -0.292. The van der Waals surface area contributed by atoms with E-state index < -0.39 is 0 Å². The molecule has 0 saturated heterocycles. The Balaban J connectivity index is 2.04. The molecule has 1 N–H and O–H groups in total. The van der Waals surface area contributed by atoms with Crippen LogP contribution in [0.25, 0.3) is 0 Å². The van der Waals surface area contributed by atoms with E-state index in [-0.39, 0.29) is 5.91 Å². The van der Waals surface area contributed by atoms with Gasteiger partial charge in [-0.15, -0.1) is 0 Å². The lowest BCUT2D eigenvalue weighted by molar-refractivity contribution is 0.0537. The molecular weight excluding hydrogens is 416 g/mol. The molecule has 0 bridgehead atoms. The largest absolute Gasteiger partial charge is 0.497 e. The first-order chi connectivity index (χ1) is 16.1. The molecule has 0 radical (unpaired) electrons. The van der Waals surface area contributed by atoms with E-state index in [0.29, 0.717) is 24.3 Å². The lowest BCUT2D eigenvalue weighted by atomic mass is 10.1. The summed E-state index contributed by atoms with van der Waals surface area (Å²) in [5, 5.41) is 4.77. The number of hydroxylamine groups is 1. The van der Waals surface area contributed by atoms with Crippen LogP contribution in [0.5, 0.6) is 5.75 Å². The number of aromatic nitrogens is 2. The van der Waals surface area contributed by atoms with Crippen molar-refractivity contribution in [2.24, 2.45) is 0 Å². The maximum Gasteiger partial charge on any atom is 0.280 e. The van der Waals surface area contributed by atoms with Crippen molar-refractivity contribution in [1.82, 2.24) is 15.3 Å². The Morgan fingerprint density at radius 1 is 1.03 bits per heavy atom. The van der Waals surface area contributed by atoms with Crippen molar-refractivity contribution < 1.29 is 14.4 Å². The first-order valence-electron chi connectivity index (χ1n) is 11.4. The number of ether oxygens (including phenoxy) is 1. The Bertz CT molecular complexity index is 1020. The quantitative estimate of drug-likeness (QED) is 0.319. The third-order valence-electron chi connectivity index (χ3n) is 5.56. The number of anilines is 1. The van der Waals surface area contributed by atoms with Crippen molar-refractivity contribution in [2.45, 2.75) is 46.2 Å². The number of carbonyl (C=O) groups excluding carboxylic acids is 1. The zero-order valence-electron chi connectivity index (χ0n) is 20.0. The molecule has 0 fully saturated rings. The third kappa shape index (κ3) is 6.35. The second-order valence-electron chi connectivity index (χ2n) is 8.04. The van der Waals surface area contributed by atoms with E-state index in [2.05, 4.69) is 29.4 Å². The number of hydrogen-bond donors (Lipinski definition) is 1. The SMILES string of the molecule is CCCCCN(Cc1ccccc1)c1c(C(=O)NOC)c(C)nn1Cc1ccc(OC)cc1. The summed E-state index contributed by atoms with van der Waals surface area (Å²) < 4.78 is 7.21. The maximum atomic E-state index is 13.0. The second-order valence-corrected chi connectivity index (χ2v) is 8.04. The number of carbonyl (C=O) groups is 1. The Hall–Kier alpha value is -3.32. The smallest absolute Gasteiger partial charge is 0.280 e. The predicted octanol–water partition coefficient (Wildman–Crippen LogP) is 4.74. The summed E-state index contributed by atoms with van der Waals surface area (Å²) in [6, 6.07) is 18.2. The lowest BCUT2D eigenvalue weighted by Crippen LogP contribution is -2.31. The van der Waals surface area contributed by atoms with E-state index in [9.17, 15) is 4.79 Å². The molecule has 3 aromatic rings. The van der Waals surface area contributed by atoms with Gasteiger partial charge >= 0.3 is 0 Å². The van der Waals surface area contributed by atoms with Gasteiger partial charge in [-0.25, -0.2) is 10.2 Å². The first-order valence-corrected chi connectivity index (χ1v) is 11.4. The summed E-state index contributed by atoms with van der Waals surface area (Å²) in [6.45, 7) is 6.11. The Morgan fingerprint density at radius 3 is 2.39 bits per heavy atom. The molecule has 1 aromatic heterocycles. The van der Waals surface area contributed by atoms with Crippen LogP contribution in [0.3, 0.4) is 0 Å². The highest BCUT2D eigenvalue weighted by molar-refractivity contribution is 5.99. The third-order valence-corrected chi connectivity index (χ3v) is 5.56. The van der Waals surface area contributed by atoms with Crippen LogP contribution in [0, 0.1) is 6.92 Å². The van der Waals surface area contributed by atoms with Gasteiger partial charge in [-0.3, -0.25) is 9.63 Å². The van der Waals surface area contributed by atoms with Crippen LogP contribution in [0.2, 0.25) is 0 Å². The summed E-state index contributed by atoms with van der Waals surface area (Å²) in [5.41, 5.74) is 5.95. The molecule has 0 aliphatic heterocycles. The molecule has 0 saturated carbocycles. The fourth-order valence-corrected chi connectivity index (χ4v) is 3.93. The molecule has 1 heterocycles. The molecule has 3 rings (SSSR count). The van der Waals surface area contributed by atoms with Gasteiger partial charge in [0.2, 0.25) is 0 Å². The number of hydrogen-bond acceptors (Lipinski definition) is 5. The van der Waals surface area contributed by atoms with Crippen molar-refractivity contribution in [3.05, 3.63) is 77.0 Å². The number of unbranched alkanes of at least 4 members (excludes halogenated alkanes) is 2. The topological polar surface area (TPSA) is 68.6 Å². The number of nitrogens with one attached hydrogen (secondary N) is 1. The van der Waals surface area contributed by atoms with Gasteiger partial charge in [0.05, 0.1) is 26.5 Å². The summed E-state index contributed by atoms with van der Waals surface area (Å²) in [6.07, 6.45) is 3.28. The van der Waals surface area contributed by atoms with Crippen LogP contribution >= 0.6 is 0 Å². The average Bonchev–Trinajstić information content (AvgIpc) is 3.15. The standard InChI is InChI=1S/C26H34N4O3/c1-5-6-10-17-29(18-21-11-8-7-9-12-21)26-24(25(31)28-33-4)20(2)27-30(26)19-22-13-15-23(32-3)16-14-22/h7-9,11-16H,5-6,10,17-19H2,1-4H3,(H,28,31). The second kappa shape index (κ2) is 12.1. The van der Waals surface area contributed by atoms with Crippen LogP contribution in [-0.4, -0.2) is 36.5 Å². The maximum absolute atomic E-state index is 13.0. The van der Waals surface area contributed by atoms with Gasteiger partial charge in [0.1, 0.15) is 17.1 Å². The normalized spacial score (nSPS) is 10.8. The molecule has 7 nitrogen and oxygen atoms in total. The Morgan fingerprint density at radius 2 is 1.76 bits per heavy atom. The summed E-state index contributed by atoms with van der Waals surface area (Å²) in [5.74, 6) is 1.32. The summed E-state index contributed by atoms with van der Waals surface area (Å²) >= 11 is 0. The highest BCUT2D eigenvalue weighted by atomic mass is 16.6. The van der Waals surface area contributed by atoms with Crippen molar-refractivity contribution in [2.75, 3.05) is 25.7 Å². The van der Waals surface area contributed by atoms with Crippen molar-refractivity contribution in [1.29, 1.82) is 0 Å². The zero-order chi connectivity index (χ0) is 23.6. The lowest BCUT2D eigenvalue weighted by Gasteiger charge is -2.27. The summed E-state index contributed by atoms with van der Waals surface area (Å²) in [4.78, 5) is 20.2. The van der Waals surface area contributed by atoms with Crippen molar-refractivity contribution in [3.63, 3.8) is 0 Å². The average molecular weight is 451 g/mol. The number of aryl methyl sites for hydroxylation is 1. The molecule has 33 heavy (non-hydrogen) atoms. The number of amides is 1. The van der Waals surface area contributed by atoms with Crippen LogP contribution in [-0.2, 0) is 17.9 Å². The monoisotopic (exact) mass is 450 g/mol. The Kier molecular flexibility index (Phi) is 8.89. The fourth-order valence-electron chi connectivity index (χ4n) is 3.93. The molecule has 7 heteroatoms. The zero-order valence-corrected chi connectivity index (χ0v) is 20.0. The van der Waals surface area contributed by atoms with Gasteiger partial charge in [-0.1, -0.05) is 62.2 Å². The molecule has 176 valence electrons. The fraction of sp³-hybridized carbons (Fsp3) is 0.385. The van der Waals surface area contributed by atoms with Crippen molar-refractivity contribution in [3.8, 4) is 5.75 Å². The van der Waals surface area contributed by atoms with E-state index in [1.165, 1.54) is 12.7 Å². The first kappa shape index (κ1) is 24.3. The molecule has 1 amide bonds. The van der Waals surface area contributed by atoms with Crippen LogP contribution < -0.4 is 15.1 Å². The van der Waals surface area contributed by atoms with E-state index >= 15 is 0 Å². The minimum absolute atomic E-state index is 0.292. The Labute approximate surface area is 196 Å². The molecule has 2 aromatic carbocycles. The number of nitrogens with zero attached hydrogens (tertiary/aromatic N) is 3. The van der Waals surface area contributed by atoms with Gasteiger partial charge in [0.15, 0.2) is 0 Å². The van der Waals surface area contributed by atoms with Gasteiger partial charge in [-0.05, 0) is 36.6 Å². The van der Waals surface area contributed by atoms with E-state index in [4.69, 9.17) is 14.7 Å². The van der Waals surface area contributed by atoms with E-state index in [1.807, 2.05) is 54.1 Å². The van der Waals surface area contributed by atoms with E-state index in [1.54, 1.807) is 7.11 Å². The van der Waals surface area contributed by atoms with Gasteiger partial charge in [0, 0.05) is 13.1 Å². The molecule has 0 aliphatic rings. The van der Waals surface area contributed by atoms with Crippen LogP contribution in [0.1, 0.15) is 53.4 Å². The number of rotatable bonds is 12. The highest BCUT2D eigenvalue weighted by Gasteiger charge is 2.26. The number of benzene rings is 2. The van der Waals surface area contributed by atoms with Gasteiger partial charge < -0.3 is 9.64 Å². The minimum Gasteiger partial charge on any atom is -0.497 e. The number of methoxy groups -OCH3 is 1. The molecule has 0 atom stereocenters. The predicted molar refractivity (Wildman–Crippen MR) is 131 cm³/mol.